The molecule has 0 aliphatic carbocycles. The fourth-order valence-electron chi connectivity index (χ4n) is 1.57. The van der Waals surface area contributed by atoms with Gasteiger partial charge in [-0.25, -0.2) is 8.78 Å². The van der Waals surface area contributed by atoms with E-state index in [4.69, 9.17) is 11.6 Å². The number of alkyl halides is 1. The summed E-state index contributed by atoms with van der Waals surface area (Å²) < 4.78 is 25.7. The second-order valence-electron chi connectivity index (χ2n) is 3.93. The number of hydrogen-bond donors (Lipinski definition) is 1. The predicted octanol–water partition coefficient (Wildman–Crippen LogP) is 4.32. The molecule has 0 aromatic heterocycles. The molecule has 1 N–H and O–H groups in total. The van der Waals surface area contributed by atoms with E-state index in [2.05, 4.69) is 5.32 Å². The van der Waals surface area contributed by atoms with E-state index in [1.807, 2.05) is 24.3 Å². The molecule has 0 aliphatic rings. The van der Waals surface area contributed by atoms with E-state index < -0.39 is 11.6 Å². The molecule has 0 heterocycles. The van der Waals surface area contributed by atoms with Gasteiger partial charge in [0.2, 0.25) is 0 Å². The van der Waals surface area contributed by atoms with Crippen LogP contribution in [0.5, 0.6) is 0 Å². The van der Waals surface area contributed by atoms with Gasteiger partial charge in [0.15, 0.2) is 11.6 Å². The molecule has 0 bridgehead atoms. The molecular formula is C14H12ClF2N. The van der Waals surface area contributed by atoms with Crippen molar-refractivity contribution in [2.45, 2.75) is 12.4 Å². The minimum Gasteiger partial charge on any atom is -0.381 e. The van der Waals surface area contributed by atoms with Gasteiger partial charge in [-0.05, 0) is 35.4 Å². The van der Waals surface area contributed by atoms with Gasteiger partial charge in [0.05, 0.1) is 0 Å². The fraction of sp³-hybridized carbons (Fsp3) is 0.143. The zero-order valence-electron chi connectivity index (χ0n) is 9.59. The molecule has 0 spiro atoms. The zero-order valence-corrected chi connectivity index (χ0v) is 10.3. The van der Waals surface area contributed by atoms with Crippen LogP contribution in [0, 0.1) is 11.6 Å². The minimum absolute atomic E-state index is 0.442. The first-order chi connectivity index (χ1) is 8.69. The summed E-state index contributed by atoms with van der Waals surface area (Å²) in [6, 6.07) is 11.5. The monoisotopic (exact) mass is 267 g/mol. The van der Waals surface area contributed by atoms with E-state index in [0.29, 0.717) is 18.0 Å². The largest absolute Gasteiger partial charge is 0.381 e. The molecular weight excluding hydrogens is 256 g/mol. The van der Waals surface area contributed by atoms with Crippen molar-refractivity contribution in [3.63, 3.8) is 0 Å². The Kier molecular flexibility index (Phi) is 4.15. The summed E-state index contributed by atoms with van der Waals surface area (Å²) in [5.41, 5.74) is 2.64. The quantitative estimate of drug-likeness (QED) is 0.814. The van der Waals surface area contributed by atoms with Crippen LogP contribution in [-0.2, 0) is 12.4 Å². The van der Waals surface area contributed by atoms with Crippen LogP contribution < -0.4 is 5.32 Å². The Hall–Kier alpha value is -1.61. The lowest BCUT2D eigenvalue weighted by atomic mass is 10.2. The molecule has 0 fully saturated rings. The molecule has 0 saturated carbocycles. The summed E-state index contributed by atoms with van der Waals surface area (Å²) in [4.78, 5) is 0. The molecule has 0 amide bonds. The molecule has 0 aliphatic heterocycles. The van der Waals surface area contributed by atoms with Crippen molar-refractivity contribution in [3.05, 3.63) is 65.2 Å². The second-order valence-corrected chi connectivity index (χ2v) is 4.20. The van der Waals surface area contributed by atoms with E-state index in [9.17, 15) is 8.78 Å². The molecule has 2 rings (SSSR count). The average Bonchev–Trinajstić information content (AvgIpc) is 2.41. The molecule has 4 heteroatoms. The van der Waals surface area contributed by atoms with Gasteiger partial charge < -0.3 is 5.32 Å². The third-order valence-corrected chi connectivity index (χ3v) is 2.90. The molecule has 1 nitrogen and oxygen atoms in total. The Morgan fingerprint density at radius 1 is 0.889 bits per heavy atom. The summed E-state index contributed by atoms with van der Waals surface area (Å²) in [6.07, 6.45) is 0. The van der Waals surface area contributed by atoms with E-state index in [-0.39, 0.29) is 0 Å². The van der Waals surface area contributed by atoms with Crippen LogP contribution in [0.3, 0.4) is 0 Å². The van der Waals surface area contributed by atoms with Crippen molar-refractivity contribution in [2.24, 2.45) is 0 Å². The smallest absolute Gasteiger partial charge is 0.159 e. The highest BCUT2D eigenvalue weighted by Crippen LogP contribution is 2.14. The van der Waals surface area contributed by atoms with E-state index in [0.717, 1.165) is 17.3 Å². The fourth-order valence-corrected chi connectivity index (χ4v) is 1.74. The molecule has 2 aromatic rings. The van der Waals surface area contributed by atoms with Crippen molar-refractivity contribution >= 4 is 17.3 Å². The summed E-state index contributed by atoms with van der Waals surface area (Å²) in [5, 5.41) is 3.13. The zero-order chi connectivity index (χ0) is 13.0. The van der Waals surface area contributed by atoms with Crippen LogP contribution >= 0.6 is 11.6 Å². The Balaban J connectivity index is 1.99. The van der Waals surface area contributed by atoms with Crippen LogP contribution in [0.15, 0.2) is 42.5 Å². The standard InChI is InChI=1S/C14H12ClF2N/c15-8-10-1-4-12(5-2-10)18-9-11-3-6-13(16)14(17)7-11/h1-7,18H,8-9H2. The summed E-state index contributed by atoms with van der Waals surface area (Å²) in [7, 11) is 0. The maximum absolute atomic E-state index is 13.0. The van der Waals surface area contributed by atoms with Crippen molar-refractivity contribution in [3.8, 4) is 0 Å². The maximum Gasteiger partial charge on any atom is 0.159 e. The number of anilines is 1. The Morgan fingerprint density at radius 3 is 2.17 bits per heavy atom. The van der Waals surface area contributed by atoms with Gasteiger partial charge in [-0.3, -0.25) is 0 Å². The third-order valence-electron chi connectivity index (χ3n) is 2.59. The number of halogens is 3. The number of benzene rings is 2. The van der Waals surface area contributed by atoms with Crippen LogP contribution in [0.1, 0.15) is 11.1 Å². The average molecular weight is 268 g/mol. The Bertz CT molecular complexity index is 526. The van der Waals surface area contributed by atoms with Gasteiger partial charge >= 0.3 is 0 Å². The highest BCUT2D eigenvalue weighted by atomic mass is 35.5. The molecule has 94 valence electrons. The summed E-state index contributed by atoms with van der Waals surface area (Å²) in [6.45, 7) is 0.442. The van der Waals surface area contributed by atoms with Crippen molar-refractivity contribution in [1.29, 1.82) is 0 Å². The van der Waals surface area contributed by atoms with Crippen molar-refractivity contribution in [1.82, 2.24) is 0 Å². The van der Waals surface area contributed by atoms with Gasteiger partial charge in [-0.15, -0.1) is 11.6 Å². The van der Waals surface area contributed by atoms with Crippen LogP contribution in [-0.4, -0.2) is 0 Å². The normalized spacial score (nSPS) is 10.4. The van der Waals surface area contributed by atoms with Gasteiger partial charge in [-0.1, -0.05) is 18.2 Å². The van der Waals surface area contributed by atoms with E-state index in [1.165, 1.54) is 6.07 Å². The lowest BCUT2D eigenvalue weighted by Gasteiger charge is -2.07. The number of rotatable bonds is 4. The summed E-state index contributed by atoms with van der Waals surface area (Å²) >= 11 is 5.69. The van der Waals surface area contributed by atoms with Crippen LogP contribution in [0.2, 0.25) is 0 Å². The van der Waals surface area contributed by atoms with Crippen molar-refractivity contribution < 1.29 is 8.78 Å². The topological polar surface area (TPSA) is 12.0 Å². The third kappa shape index (κ3) is 3.20. The Morgan fingerprint density at radius 2 is 1.56 bits per heavy atom. The lowest BCUT2D eigenvalue weighted by molar-refractivity contribution is 0.507. The maximum atomic E-state index is 13.0. The number of nitrogens with one attached hydrogen (secondary N) is 1. The highest BCUT2D eigenvalue weighted by Gasteiger charge is 2.02. The van der Waals surface area contributed by atoms with Crippen LogP contribution in [0.4, 0.5) is 14.5 Å². The van der Waals surface area contributed by atoms with E-state index >= 15 is 0 Å². The first-order valence-corrected chi connectivity index (χ1v) is 6.05. The highest BCUT2D eigenvalue weighted by molar-refractivity contribution is 6.17. The van der Waals surface area contributed by atoms with E-state index in [1.54, 1.807) is 6.07 Å². The predicted molar refractivity (Wildman–Crippen MR) is 69.7 cm³/mol. The first-order valence-electron chi connectivity index (χ1n) is 5.52. The minimum atomic E-state index is -0.829. The van der Waals surface area contributed by atoms with Crippen molar-refractivity contribution in [2.75, 3.05) is 5.32 Å². The van der Waals surface area contributed by atoms with Gasteiger partial charge in [0, 0.05) is 18.1 Å². The SMILES string of the molecule is Fc1ccc(CNc2ccc(CCl)cc2)cc1F. The molecule has 0 radical (unpaired) electrons. The molecule has 2 aromatic carbocycles. The Labute approximate surface area is 109 Å². The second kappa shape index (κ2) is 5.83. The van der Waals surface area contributed by atoms with Gasteiger partial charge in [0.1, 0.15) is 0 Å². The lowest BCUT2D eigenvalue weighted by Crippen LogP contribution is -2.00. The van der Waals surface area contributed by atoms with Gasteiger partial charge in [-0.2, -0.15) is 0 Å². The molecule has 18 heavy (non-hydrogen) atoms. The molecule has 0 unspecified atom stereocenters. The van der Waals surface area contributed by atoms with Crippen LogP contribution in [0.25, 0.3) is 0 Å². The summed E-state index contributed by atoms with van der Waals surface area (Å²) in [5.74, 6) is -1.18. The first kappa shape index (κ1) is 12.8. The molecule has 0 saturated heterocycles. The molecule has 0 atom stereocenters. The van der Waals surface area contributed by atoms with Gasteiger partial charge in [0.25, 0.3) is 0 Å². The number of hydrogen-bond acceptors (Lipinski definition) is 1.